The second-order valence-electron chi connectivity index (χ2n) is 2.97. The fourth-order valence-corrected chi connectivity index (χ4v) is 1.55. The molecule has 0 aromatic rings. The molecule has 1 fully saturated rings. The van der Waals surface area contributed by atoms with E-state index in [0.29, 0.717) is 5.92 Å². The van der Waals surface area contributed by atoms with Crippen LogP contribution in [0, 0.1) is 5.92 Å². The van der Waals surface area contributed by atoms with Crippen molar-refractivity contribution in [3.63, 3.8) is 0 Å². The molecule has 1 amide bonds. The Kier molecular flexibility index (Phi) is 2.27. The zero-order valence-electron chi connectivity index (χ0n) is 6.05. The molecule has 0 spiro atoms. The van der Waals surface area contributed by atoms with Crippen LogP contribution < -0.4 is 11.5 Å². The summed E-state index contributed by atoms with van der Waals surface area (Å²) in [6.07, 6.45) is 4.55. The van der Waals surface area contributed by atoms with Crippen molar-refractivity contribution in [1.82, 2.24) is 0 Å². The van der Waals surface area contributed by atoms with E-state index in [4.69, 9.17) is 11.5 Å². The van der Waals surface area contributed by atoms with Gasteiger partial charge in [0.25, 0.3) is 0 Å². The minimum atomic E-state index is -0.400. The predicted molar refractivity (Wildman–Crippen MR) is 39.1 cm³/mol. The van der Waals surface area contributed by atoms with Gasteiger partial charge in [-0.05, 0) is 18.8 Å². The molecule has 0 aliphatic heterocycles. The molecule has 3 nitrogen and oxygen atoms in total. The van der Waals surface area contributed by atoms with Gasteiger partial charge in [0.15, 0.2) is 0 Å². The highest BCUT2D eigenvalue weighted by molar-refractivity contribution is 5.79. The van der Waals surface area contributed by atoms with E-state index < -0.39 is 6.04 Å². The lowest BCUT2D eigenvalue weighted by Crippen LogP contribution is -2.41. The zero-order chi connectivity index (χ0) is 7.56. The number of nitrogens with two attached hydrogens (primary N) is 2. The average Bonchev–Trinajstić information content (AvgIpc) is 2.36. The smallest absolute Gasteiger partial charge is 0.234 e. The van der Waals surface area contributed by atoms with Gasteiger partial charge < -0.3 is 11.5 Å². The molecule has 10 heavy (non-hydrogen) atoms. The van der Waals surface area contributed by atoms with Gasteiger partial charge in [-0.15, -0.1) is 0 Å². The minimum absolute atomic E-state index is 0.355. The maximum Gasteiger partial charge on any atom is 0.234 e. The summed E-state index contributed by atoms with van der Waals surface area (Å²) in [5.74, 6) is 0.00407. The standard InChI is InChI=1S/C7H14N2O/c8-6(7(9)10)5-3-1-2-4-5/h5-6H,1-4,8H2,(H2,9,10). The number of carbonyl (C=O) groups excluding carboxylic acids is 1. The zero-order valence-corrected chi connectivity index (χ0v) is 6.05. The topological polar surface area (TPSA) is 69.1 Å². The molecule has 1 aliphatic carbocycles. The van der Waals surface area contributed by atoms with Gasteiger partial charge in [0.1, 0.15) is 0 Å². The highest BCUT2D eigenvalue weighted by Crippen LogP contribution is 2.26. The van der Waals surface area contributed by atoms with Crippen LogP contribution in [0.15, 0.2) is 0 Å². The molecule has 1 atom stereocenters. The summed E-state index contributed by atoms with van der Waals surface area (Å²) in [4.78, 5) is 10.6. The number of rotatable bonds is 2. The Labute approximate surface area is 60.8 Å². The second kappa shape index (κ2) is 3.01. The lowest BCUT2D eigenvalue weighted by Gasteiger charge is -2.13. The summed E-state index contributed by atoms with van der Waals surface area (Å²) in [6, 6.07) is -0.400. The van der Waals surface area contributed by atoms with Crippen molar-refractivity contribution in [3.05, 3.63) is 0 Å². The maximum atomic E-state index is 10.6. The maximum absolute atomic E-state index is 10.6. The summed E-state index contributed by atoms with van der Waals surface area (Å²) in [7, 11) is 0. The van der Waals surface area contributed by atoms with E-state index in [1.807, 2.05) is 0 Å². The van der Waals surface area contributed by atoms with Crippen molar-refractivity contribution < 1.29 is 4.79 Å². The molecule has 1 aliphatic rings. The SMILES string of the molecule is NC(=O)C(N)C1CCCC1. The van der Waals surface area contributed by atoms with E-state index in [0.717, 1.165) is 12.8 Å². The van der Waals surface area contributed by atoms with Crippen LogP contribution in [-0.2, 0) is 4.79 Å². The third-order valence-electron chi connectivity index (χ3n) is 2.24. The van der Waals surface area contributed by atoms with Crippen LogP contribution >= 0.6 is 0 Å². The number of hydrogen-bond donors (Lipinski definition) is 2. The van der Waals surface area contributed by atoms with Gasteiger partial charge in [-0.3, -0.25) is 4.79 Å². The first-order valence-electron chi connectivity index (χ1n) is 3.76. The van der Waals surface area contributed by atoms with Crippen LogP contribution in [0.1, 0.15) is 25.7 Å². The molecular weight excluding hydrogens is 128 g/mol. The third kappa shape index (κ3) is 1.48. The van der Waals surface area contributed by atoms with E-state index in [1.165, 1.54) is 12.8 Å². The third-order valence-corrected chi connectivity index (χ3v) is 2.24. The molecule has 1 unspecified atom stereocenters. The van der Waals surface area contributed by atoms with Crippen LogP contribution in [0.25, 0.3) is 0 Å². The van der Waals surface area contributed by atoms with Crippen molar-refractivity contribution in [2.75, 3.05) is 0 Å². The van der Waals surface area contributed by atoms with E-state index in [-0.39, 0.29) is 5.91 Å². The molecular formula is C7H14N2O. The second-order valence-corrected chi connectivity index (χ2v) is 2.97. The average molecular weight is 142 g/mol. The molecule has 0 saturated heterocycles. The quantitative estimate of drug-likeness (QED) is 0.569. The first-order valence-corrected chi connectivity index (χ1v) is 3.76. The number of amides is 1. The van der Waals surface area contributed by atoms with Crippen molar-refractivity contribution in [3.8, 4) is 0 Å². The van der Waals surface area contributed by atoms with Crippen LogP contribution in [0.4, 0.5) is 0 Å². The normalized spacial score (nSPS) is 22.9. The monoisotopic (exact) mass is 142 g/mol. The molecule has 58 valence electrons. The molecule has 3 heteroatoms. The lowest BCUT2D eigenvalue weighted by atomic mass is 9.99. The van der Waals surface area contributed by atoms with Gasteiger partial charge in [-0.1, -0.05) is 12.8 Å². The van der Waals surface area contributed by atoms with E-state index >= 15 is 0 Å². The summed E-state index contributed by atoms with van der Waals surface area (Å²) < 4.78 is 0. The molecule has 0 aromatic carbocycles. The minimum Gasteiger partial charge on any atom is -0.368 e. The van der Waals surface area contributed by atoms with Gasteiger partial charge in [-0.25, -0.2) is 0 Å². The Morgan fingerprint density at radius 2 is 1.90 bits per heavy atom. The van der Waals surface area contributed by atoms with E-state index in [2.05, 4.69) is 0 Å². The number of carbonyl (C=O) groups is 1. The summed E-state index contributed by atoms with van der Waals surface area (Å²) in [6.45, 7) is 0. The highest BCUT2D eigenvalue weighted by Gasteiger charge is 2.25. The van der Waals surface area contributed by atoms with Crippen LogP contribution in [0.3, 0.4) is 0 Å². The summed E-state index contributed by atoms with van der Waals surface area (Å²) >= 11 is 0. The van der Waals surface area contributed by atoms with Crippen molar-refractivity contribution in [1.29, 1.82) is 0 Å². The van der Waals surface area contributed by atoms with Crippen LogP contribution in [-0.4, -0.2) is 11.9 Å². The molecule has 0 aromatic heterocycles. The summed E-state index contributed by atoms with van der Waals surface area (Å²) in [5, 5.41) is 0. The molecule has 0 heterocycles. The molecule has 0 bridgehead atoms. The van der Waals surface area contributed by atoms with Crippen molar-refractivity contribution >= 4 is 5.91 Å². The van der Waals surface area contributed by atoms with E-state index in [9.17, 15) is 4.79 Å². The largest absolute Gasteiger partial charge is 0.368 e. The lowest BCUT2D eigenvalue weighted by molar-refractivity contribution is -0.120. The van der Waals surface area contributed by atoms with Gasteiger partial charge in [-0.2, -0.15) is 0 Å². The molecule has 1 rings (SSSR count). The number of hydrogen-bond acceptors (Lipinski definition) is 2. The first kappa shape index (κ1) is 7.54. The van der Waals surface area contributed by atoms with Gasteiger partial charge in [0.05, 0.1) is 6.04 Å². The number of primary amides is 1. The predicted octanol–water partition coefficient (Wildman–Crippen LogP) is -0.0108. The van der Waals surface area contributed by atoms with E-state index in [1.54, 1.807) is 0 Å². The Morgan fingerprint density at radius 1 is 1.40 bits per heavy atom. The fourth-order valence-electron chi connectivity index (χ4n) is 1.55. The fraction of sp³-hybridized carbons (Fsp3) is 0.857. The van der Waals surface area contributed by atoms with Gasteiger partial charge in [0, 0.05) is 0 Å². The Balaban J connectivity index is 2.39. The Morgan fingerprint density at radius 3 is 2.30 bits per heavy atom. The molecule has 4 N–H and O–H groups in total. The first-order chi connectivity index (χ1) is 4.72. The Bertz CT molecular complexity index is 130. The van der Waals surface area contributed by atoms with Gasteiger partial charge >= 0.3 is 0 Å². The molecule has 1 saturated carbocycles. The molecule has 0 radical (unpaired) electrons. The summed E-state index contributed by atoms with van der Waals surface area (Å²) in [5.41, 5.74) is 10.6. The van der Waals surface area contributed by atoms with Crippen molar-refractivity contribution in [2.24, 2.45) is 17.4 Å². The highest BCUT2D eigenvalue weighted by atomic mass is 16.1. The van der Waals surface area contributed by atoms with Gasteiger partial charge in [0.2, 0.25) is 5.91 Å². The van der Waals surface area contributed by atoms with Crippen LogP contribution in [0.5, 0.6) is 0 Å². The van der Waals surface area contributed by atoms with Crippen molar-refractivity contribution in [2.45, 2.75) is 31.7 Å². The Hall–Kier alpha value is -0.570. The van der Waals surface area contributed by atoms with Crippen LogP contribution in [0.2, 0.25) is 0 Å².